The van der Waals surface area contributed by atoms with Gasteiger partial charge in [0.25, 0.3) is 5.91 Å². The Hall–Kier alpha value is -2.82. The molecule has 0 unspecified atom stereocenters. The fourth-order valence-corrected chi connectivity index (χ4v) is 3.56. The van der Waals surface area contributed by atoms with Gasteiger partial charge in [-0.1, -0.05) is 32.0 Å². The number of likely N-dealkylation sites (tertiary alicyclic amines) is 1. The van der Waals surface area contributed by atoms with Gasteiger partial charge in [0.15, 0.2) is 0 Å². The minimum atomic E-state index is -0.433. The molecule has 0 aromatic heterocycles. The highest BCUT2D eigenvalue weighted by atomic mass is 16.5. The monoisotopic (exact) mass is 380 g/mol. The van der Waals surface area contributed by atoms with Gasteiger partial charge in [-0.3, -0.25) is 4.79 Å². The molecule has 1 fully saturated rings. The molecule has 1 heterocycles. The summed E-state index contributed by atoms with van der Waals surface area (Å²) < 4.78 is 4.75. The molecule has 148 valence electrons. The summed E-state index contributed by atoms with van der Waals surface area (Å²) in [6.45, 7) is 5.74. The van der Waals surface area contributed by atoms with Crippen molar-refractivity contribution in [3.8, 4) is 0 Å². The third kappa shape index (κ3) is 4.71. The lowest BCUT2D eigenvalue weighted by Gasteiger charge is -2.34. The van der Waals surface area contributed by atoms with E-state index in [1.165, 1.54) is 12.7 Å². The molecule has 1 atom stereocenters. The van der Waals surface area contributed by atoms with E-state index in [1.54, 1.807) is 24.3 Å². The van der Waals surface area contributed by atoms with Gasteiger partial charge in [0.1, 0.15) is 0 Å². The molecule has 3 rings (SSSR count). The molecule has 0 aliphatic carbocycles. The number of carbonyl (C=O) groups is 2. The number of nitrogens with zero attached hydrogens (tertiary/aromatic N) is 1. The maximum absolute atomic E-state index is 12.9. The molecule has 1 amide bonds. The zero-order valence-corrected chi connectivity index (χ0v) is 16.8. The van der Waals surface area contributed by atoms with Crippen LogP contribution in [0.4, 0.5) is 5.69 Å². The molecule has 0 spiro atoms. The summed E-state index contributed by atoms with van der Waals surface area (Å²) in [6.07, 6.45) is 1.97. The second-order valence-corrected chi connectivity index (χ2v) is 7.58. The van der Waals surface area contributed by atoms with E-state index in [2.05, 4.69) is 43.4 Å². The van der Waals surface area contributed by atoms with E-state index in [9.17, 15) is 9.59 Å². The number of esters is 1. The molecule has 5 nitrogen and oxygen atoms in total. The van der Waals surface area contributed by atoms with E-state index in [-0.39, 0.29) is 11.9 Å². The van der Waals surface area contributed by atoms with Crippen molar-refractivity contribution in [3.63, 3.8) is 0 Å². The Labute approximate surface area is 166 Å². The van der Waals surface area contributed by atoms with Gasteiger partial charge in [0.2, 0.25) is 0 Å². The Morgan fingerprint density at radius 1 is 1.11 bits per heavy atom. The summed E-state index contributed by atoms with van der Waals surface area (Å²) in [7, 11) is 1.34. The topological polar surface area (TPSA) is 58.6 Å². The highest BCUT2D eigenvalue weighted by Crippen LogP contribution is 2.21. The lowest BCUT2D eigenvalue weighted by Crippen LogP contribution is -2.45. The molecule has 1 aliphatic heterocycles. The molecule has 1 saturated heterocycles. The van der Waals surface area contributed by atoms with Crippen LogP contribution in [0.1, 0.15) is 58.9 Å². The smallest absolute Gasteiger partial charge is 0.337 e. The molecule has 0 bridgehead atoms. The molecule has 2 aromatic carbocycles. The second kappa shape index (κ2) is 8.91. The number of rotatable bonds is 5. The van der Waals surface area contributed by atoms with Crippen molar-refractivity contribution in [2.45, 2.75) is 38.6 Å². The quantitative estimate of drug-likeness (QED) is 0.785. The van der Waals surface area contributed by atoms with Gasteiger partial charge in [-0.05, 0) is 54.7 Å². The third-order valence-electron chi connectivity index (χ3n) is 5.19. The van der Waals surface area contributed by atoms with E-state index in [0.29, 0.717) is 23.6 Å². The van der Waals surface area contributed by atoms with Gasteiger partial charge >= 0.3 is 5.97 Å². The molecule has 1 aliphatic rings. The van der Waals surface area contributed by atoms with Gasteiger partial charge in [0.05, 0.1) is 12.7 Å². The van der Waals surface area contributed by atoms with Gasteiger partial charge < -0.3 is 15.0 Å². The maximum atomic E-state index is 12.9. The fourth-order valence-electron chi connectivity index (χ4n) is 3.56. The molecule has 28 heavy (non-hydrogen) atoms. The Bertz CT molecular complexity index is 830. The van der Waals surface area contributed by atoms with Crippen LogP contribution in [-0.4, -0.2) is 43.0 Å². The summed E-state index contributed by atoms with van der Waals surface area (Å²) in [4.78, 5) is 26.5. The SMILES string of the molecule is COC(=O)c1cccc(C(=O)N2CCC[C@H](Nc3ccc(C(C)C)cc3)C2)c1. The highest BCUT2D eigenvalue weighted by molar-refractivity contribution is 5.98. The van der Waals surface area contributed by atoms with Crippen LogP contribution in [0.3, 0.4) is 0 Å². The Balaban J connectivity index is 1.65. The molecule has 0 radical (unpaired) electrons. The average molecular weight is 380 g/mol. The lowest BCUT2D eigenvalue weighted by atomic mass is 10.0. The zero-order valence-electron chi connectivity index (χ0n) is 16.8. The molecule has 0 saturated carbocycles. The molecule has 2 aromatic rings. The van der Waals surface area contributed by atoms with Crippen LogP contribution in [-0.2, 0) is 4.74 Å². The molecular formula is C23H28N2O3. The summed E-state index contributed by atoms with van der Waals surface area (Å²) in [5.41, 5.74) is 3.31. The Kier molecular flexibility index (Phi) is 6.34. The first-order valence-corrected chi connectivity index (χ1v) is 9.82. The average Bonchev–Trinajstić information content (AvgIpc) is 2.73. The fraction of sp³-hybridized carbons (Fsp3) is 0.391. The number of amides is 1. The number of carbonyl (C=O) groups excluding carboxylic acids is 2. The van der Waals surface area contributed by atoms with E-state index < -0.39 is 5.97 Å². The number of nitrogens with one attached hydrogen (secondary N) is 1. The van der Waals surface area contributed by atoms with Crippen LogP contribution < -0.4 is 5.32 Å². The van der Waals surface area contributed by atoms with Crippen LogP contribution in [0.15, 0.2) is 48.5 Å². The van der Waals surface area contributed by atoms with E-state index in [1.807, 2.05) is 4.90 Å². The summed E-state index contributed by atoms with van der Waals surface area (Å²) >= 11 is 0. The number of methoxy groups -OCH3 is 1. The highest BCUT2D eigenvalue weighted by Gasteiger charge is 2.25. The normalized spacial score (nSPS) is 16.7. The van der Waals surface area contributed by atoms with Crippen LogP contribution in [0.25, 0.3) is 0 Å². The lowest BCUT2D eigenvalue weighted by molar-refractivity contribution is 0.0600. The van der Waals surface area contributed by atoms with Crippen molar-refractivity contribution >= 4 is 17.6 Å². The first-order chi connectivity index (χ1) is 13.5. The van der Waals surface area contributed by atoms with Crippen molar-refractivity contribution in [2.75, 3.05) is 25.5 Å². The third-order valence-corrected chi connectivity index (χ3v) is 5.19. The largest absolute Gasteiger partial charge is 0.465 e. The molecule has 5 heteroatoms. The minimum Gasteiger partial charge on any atom is -0.465 e. The van der Waals surface area contributed by atoms with E-state index >= 15 is 0 Å². The van der Waals surface area contributed by atoms with Crippen LogP contribution in [0.2, 0.25) is 0 Å². The number of piperidine rings is 1. The number of benzene rings is 2. The van der Waals surface area contributed by atoms with Gasteiger partial charge in [-0.25, -0.2) is 4.79 Å². The number of ether oxygens (including phenoxy) is 1. The van der Waals surface area contributed by atoms with Crippen molar-refractivity contribution in [2.24, 2.45) is 0 Å². The maximum Gasteiger partial charge on any atom is 0.337 e. The Morgan fingerprint density at radius 3 is 2.50 bits per heavy atom. The van der Waals surface area contributed by atoms with E-state index in [4.69, 9.17) is 4.74 Å². The van der Waals surface area contributed by atoms with Crippen molar-refractivity contribution in [1.82, 2.24) is 4.90 Å². The Morgan fingerprint density at radius 2 is 1.82 bits per heavy atom. The summed E-state index contributed by atoms with van der Waals surface area (Å²) in [5, 5.41) is 3.55. The van der Waals surface area contributed by atoms with Crippen LogP contribution in [0.5, 0.6) is 0 Å². The summed E-state index contributed by atoms with van der Waals surface area (Å²) in [6, 6.07) is 15.5. The predicted molar refractivity (Wildman–Crippen MR) is 111 cm³/mol. The van der Waals surface area contributed by atoms with Crippen molar-refractivity contribution < 1.29 is 14.3 Å². The van der Waals surface area contributed by atoms with Gasteiger partial charge in [0, 0.05) is 30.4 Å². The van der Waals surface area contributed by atoms with Gasteiger partial charge in [-0.15, -0.1) is 0 Å². The zero-order chi connectivity index (χ0) is 20.1. The van der Waals surface area contributed by atoms with Crippen molar-refractivity contribution in [3.05, 3.63) is 65.2 Å². The van der Waals surface area contributed by atoms with Crippen LogP contribution >= 0.6 is 0 Å². The second-order valence-electron chi connectivity index (χ2n) is 7.58. The number of hydrogen-bond donors (Lipinski definition) is 1. The molecule has 1 N–H and O–H groups in total. The minimum absolute atomic E-state index is 0.0487. The predicted octanol–water partition coefficient (Wildman–Crippen LogP) is 4.31. The number of anilines is 1. The van der Waals surface area contributed by atoms with Crippen molar-refractivity contribution in [1.29, 1.82) is 0 Å². The molecular weight excluding hydrogens is 352 g/mol. The van der Waals surface area contributed by atoms with Crippen LogP contribution in [0, 0.1) is 0 Å². The standard InChI is InChI=1S/C23H28N2O3/c1-16(2)17-9-11-20(12-10-17)24-21-8-5-13-25(15-21)22(26)18-6-4-7-19(14-18)23(27)28-3/h4,6-7,9-12,14,16,21,24H,5,8,13,15H2,1-3H3/t21-/m0/s1. The number of hydrogen-bond acceptors (Lipinski definition) is 4. The first-order valence-electron chi connectivity index (χ1n) is 9.82. The first kappa shape index (κ1) is 19.9. The summed E-state index contributed by atoms with van der Waals surface area (Å²) in [5.74, 6) is 0.0303. The van der Waals surface area contributed by atoms with E-state index in [0.717, 1.165) is 25.1 Å². The van der Waals surface area contributed by atoms with Gasteiger partial charge in [-0.2, -0.15) is 0 Å².